The molecule has 0 atom stereocenters. The third-order valence-corrected chi connectivity index (χ3v) is 4.61. The zero-order valence-electron chi connectivity index (χ0n) is 15.3. The van der Waals surface area contributed by atoms with Gasteiger partial charge >= 0.3 is 0 Å². The van der Waals surface area contributed by atoms with Crippen molar-refractivity contribution in [2.75, 3.05) is 11.9 Å². The molecule has 4 rings (SSSR count). The molecule has 28 heavy (non-hydrogen) atoms. The summed E-state index contributed by atoms with van der Waals surface area (Å²) in [6, 6.07) is 19.7. The lowest BCUT2D eigenvalue weighted by molar-refractivity contribution is 0.660. The van der Waals surface area contributed by atoms with Crippen molar-refractivity contribution in [2.45, 2.75) is 13.0 Å². The van der Waals surface area contributed by atoms with Crippen molar-refractivity contribution < 1.29 is 0 Å². The summed E-state index contributed by atoms with van der Waals surface area (Å²) in [4.78, 5) is 13.5. The third kappa shape index (κ3) is 4.56. The molecular weight excluding hydrogens is 370 g/mol. The van der Waals surface area contributed by atoms with Gasteiger partial charge in [-0.3, -0.25) is 0 Å². The molecule has 0 aliphatic carbocycles. The molecular formula is C22H20ClN5. The summed E-state index contributed by atoms with van der Waals surface area (Å²) in [6.07, 6.45) is 6.56. The van der Waals surface area contributed by atoms with Crippen LogP contribution in [0.2, 0.25) is 5.02 Å². The van der Waals surface area contributed by atoms with Gasteiger partial charge < -0.3 is 9.88 Å². The van der Waals surface area contributed by atoms with Crippen molar-refractivity contribution in [1.82, 2.24) is 19.5 Å². The zero-order valence-corrected chi connectivity index (χ0v) is 16.0. The first-order chi connectivity index (χ1) is 13.8. The number of aryl methyl sites for hydroxylation is 1. The zero-order chi connectivity index (χ0) is 19.2. The number of anilines is 1. The molecule has 140 valence electrons. The minimum absolute atomic E-state index is 0.676. The van der Waals surface area contributed by atoms with Crippen LogP contribution in [-0.4, -0.2) is 26.1 Å². The lowest BCUT2D eigenvalue weighted by atomic mass is 10.1. The molecule has 0 amide bonds. The Hall–Kier alpha value is -3.18. The second-order valence-electron chi connectivity index (χ2n) is 6.42. The maximum absolute atomic E-state index is 6.02. The average Bonchev–Trinajstić information content (AvgIpc) is 3.26. The Kier molecular flexibility index (Phi) is 5.64. The monoisotopic (exact) mass is 389 g/mol. The van der Waals surface area contributed by atoms with E-state index in [1.807, 2.05) is 61.1 Å². The van der Waals surface area contributed by atoms with E-state index in [9.17, 15) is 0 Å². The Morgan fingerprint density at radius 2 is 1.75 bits per heavy atom. The third-order valence-electron chi connectivity index (χ3n) is 4.36. The smallest absolute Gasteiger partial charge is 0.162 e. The first kappa shape index (κ1) is 18.2. The summed E-state index contributed by atoms with van der Waals surface area (Å²) in [7, 11) is 0. The molecule has 2 heterocycles. The highest BCUT2D eigenvalue weighted by Gasteiger charge is 2.09. The normalized spacial score (nSPS) is 10.8. The molecule has 0 spiro atoms. The van der Waals surface area contributed by atoms with Crippen LogP contribution in [0, 0.1) is 0 Å². The van der Waals surface area contributed by atoms with Crippen molar-refractivity contribution in [1.29, 1.82) is 0 Å². The van der Waals surface area contributed by atoms with Crippen LogP contribution in [0.5, 0.6) is 0 Å². The van der Waals surface area contributed by atoms with E-state index in [2.05, 4.69) is 27.0 Å². The van der Waals surface area contributed by atoms with E-state index < -0.39 is 0 Å². The predicted molar refractivity (Wildman–Crippen MR) is 113 cm³/mol. The van der Waals surface area contributed by atoms with Gasteiger partial charge in [0, 0.05) is 47.7 Å². The van der Waals surface area contributed by atoms with Crippen LogP contribution >= 0.6 is 11.6 Å². The molecule has 2 aromatic heterocycles. The maximum atomic E-state index is 6.02. The van der Waals surface area contributed by atoms with Gasteiger partial charge in [-0.05, 0) is 30.7 Å². The summed E-state index contributed by atoms with van der Waals surface area (Å²) in [5.41, 5.74) is 2.88. The van der Waals surface area contributed by atoms with E-state index >= 15 is 0 Å². The van der Waals surface area contributed by atoms with Gasteiger partial charge in [0.05, 0.1) is 12.0 Å². The van der Waals surface area contributed by atoms with Gasteiger partial charge in [-0.2, -0.15) is 0 Å². The fourth-order valence-electron chi connectivity index (χ4n) is 2.92. The number of nitrogens with zero attached hydrogens (tertiary/aromatic N) is 4. The summed E-state index contributed by atoms with van der Waals surface area (Å²) in [5.74, 6) is 1.49. The Morgan fingerprint density at radius 1 is 0.929 bits per heavy atom. The Bertz CT molecular complexity index is 1010. The van der Waals surface area contributed by atoms with E-state index in [1.165, 1.54) is 0 Å². The highest BCUT2D eigenvalue weighted by molar-refractivity contribution is 6.30. The van der Waals surface area contributed by atoms with E-state index in [1.54, 1.807) is 6.20 Å². The van der Waals surface area contributed by atoms with Gasteiger partial charge in [0.2, 0.25) is 0 Å². The minimum atomic E-state index is 0.676. The number of aromatic nitrogens is 4. The van der Waals surface area contributed by atoms with E-state index in [4.69, 9.17) is 21.6 Å². The van der Waals surface area contributed by atoms with Gasteiger partial charge in [0.1, 0.15) is 5.82 Å². The second-order valence-corrected chi connectivity index (χ2v) is 6.85. The van der Waals surface area contributed by atoms with Crippen molar-refractivity contribution in [3.8, 4) is 22.6 Å². The maximum Gasteiger partial charge on any atom is 0.162 e. The van der Waals surface area contributed by atoms with E-state index in [0.717, 1.165) is 42.1 Å². The van der Waals surface area contributed by atoms with Gasteiger partial charge in [-0.1, -0.05) is 41.9 Å². The van der Waals surface area contributed by atoms with Crippen LogP contribution in [0.3, 0.4) is 0 Å². The largest absolute Gasteiger partial charge is 0.370 e. The highest BCUT2D eigenvalue weighted by Crippen LogP contribution is 2.25. The Labute approximate surface area is 169 Å². The van der Waals surface area contributed by atoms with Crippen molar-refractivity contribution in [3.63, 3.8) is 0 Å². The molecule has 6 heteroatoms. The number of nitrogens with one attached hydrogen (secondary N) is 1. The number of hydrogen-bond donors (Lipinski definition) is 1. The lowest BCUT2D eigenvalue weighted by Crippen LogP contribution is -2.08. The van der Waals surface area contributed by atoms with Crippen LogP contribution in [0.15, 0.2) is 79.4 Å². The highest BCUT2D eigenvalue weighted by atomic mass is 35.5. The van der Waals surface area contributed by atoms with Crippen LogP contribution < -0.4 is 5.32 Å². The number of hydrogen-bond acceptors (Lipinski definition) is 4. The average molecular weight is 390 g/mol. The van der Waals surface area contributed by atoms with Gasteiger partial charge in [-0.15, -0.1) is 0 Å². The van der Waals surface area contributed by atoms with Crippen LogP contribution in [0.1, 0.15) is 6.42 Å². The quantitative estimate of drug-likeness (QED) is 0.443. The van der Waals surface area contributed by atoms with Crippen LogP contribution in [0.4, 0.5) is 5.82 Å². The Morgan fingerprint density at radius 3 is 2.50 bits per heavy atom. The molecule has 0 saturated heterocycles. The lowest BCUT2D eigenvalue weighted by Gasteiger charge is -2.11. The van der Waals surface area contributed by atoms with Crippen molar-refractivity contribution in [2.24, 2.45) is 0 Å². The SMILES string of the molecule is Clc1ccc(-c2nc(NCCCn3ccnc3)cc(-c3ccccc3)n2)cc1. The number of imidazole rings is 1. The van der Waals surface area contributed by atoms with Gasteiger partial charge in [0.25, 0.3) is 0 Å². The van der Waals surface area contributed by atoms with E-state index in [-0.39, 0.29) is 0 Å². The Balaban J connectivity index is 1.57. The molecule has 0 fully saturated rings. The molecule has 0 aliphatic rings. The molecule has 5 nitrogen and oxygen atoms in total. The molecule has 4 aromatic rings. The molecule has 0 radical (unpaired) electrons. The first-order valence-corrected chi connectivity index (χ1v) is 9.56. The summed E-state index contributed by atoms with van der Waals surface area (Å²) in [6.45, 7) is 1.72. The molecule has 0 bridgehead atoms. The van der Waals surface area contributed by atoms with Gasteiger partial charge in [0.15, 0.2) is 5.82 Å². The molecule has 2 aromatic carbocycles. The fraction of sp³-hybridized carbons (Fsp3) is 0.136. The molecule has 1 N–H and O–H groups in total. The second kappa shape index (κ2) is 8.67. The number of halogens is 1. The summed E-state index contributed by atoms with van der Waals surface area (Å²) >= 11 is 6.02. The van der Waals surface area contributed by atoms with E-state index in [0.29, 0.717) is 10.8 Å². The van der Waals surface area contributed by atoms with Crippen LogP contribution in [0.25, 0.3) is 22.6 Å². The standard InChI is InChI=1S/C22H20ClN5/c23-19-9-7-18(8-10-19)22-26-20(17-5-2-1-3-6-17)15-21(27-22)25-11-4-13-28-14-12-24-16-28/h1-3,5-10,12,14-16H,4,11,13H2,(H,25,26,27). The summed E-state index contributed by atoms with van der Waals surface area (Å²) in [5, 5.41) is 4.12. The molecule has 0 aliphatic heterocycles. The number of benzene rings is 2. The van der Waals surface area contributed by atoms with Gasteiger partial charge in [-0.25, -0.2) is 15.0 Å². The molecule has 0 saturated carbocycles. The van der Waals surface area contributed by atoms with Crippen LogP contribution in [-0.2, 0) is 6.54 Å². The minimum Gasteiger partial charge on any atom is -0.370 e. The fourth-order valence-corrected chi connectivity index (χ4v) is 3.05. The topological polar surface area (TPSA) is 55.6 Å². The van der Waals surface area contributed by atoms with Crippen molar-refractivity contribution >= 4 is 17.4 Å². The predicted octanol–water partition coefficient (Wildman–Crippen LogP) is 5.16. The van der Waals surface area contributed by atoms with Crippen molar-refractivity contribution in [3.05, 3.63) is 84.4 Å². The first-order valence-electron chi connectivity index (χ1n) is 9.18. The molecule has 0 unspecified atom stereocenters. The summed E-state index contributed by atoms with van der Waals surface area (Å²) < 4.78 is 2.07. The number of rotatable bonds is 7.